The molecule has 1 aromatic heterocycles. The largest absolute Gasteiger partial charge is 0.495 e. The third-order valence-corrected chi connectivity index (χ3v) is 3.59. The molecule has 0 fully saturated rings. The molecule has 27 heavy (non-hydrogen) atoms. The van der Waals surface area contributed by atoms with Gasteiger partial charge in [-0.05, 0) is 31.2 Å². The van der Waals surface area contributed by atoms with Gasteiger partial charge < -0.3 is 24.3 Å². The lowest BCUT2D eigenvalue weighted by molar-refractivity contribution is -0.267. The molecule has 7 nitrogen and oxygen atoms in total. The van der Waals surface area contributed by atoms with Gasteiger partial charge in [0.2, 0.25) is 0 Å². The van der Waals surface area contributed by atoms with Gasteiger partial charge in [-0.2, -0.15) is 13.2 Å². The van der Waals surface area contributed by atoms with Crippen molar-refractivity contribution in [3.05, 3.63) is 47.9 Å². The summed E-state index contributed by atoms with van der Waals surface area (Å²) in [6, 6.07) is 5.56. The lowest BCUT2D eigenvalue weighted by Crippen LogP contribution is -2.50. The van der Waals surface area contributed by atoms with Gasteiger partial charge in [0.1, 0.15) is 5.75 Å². The molecule has 2 N–H and O–H groups in total. The first-order valence-electron chi connectivity index (χ1n) is 7.64. The number of ether oxygens (including phenoxy) is 2. The molecule has 2 rings (SSSR count). The molecule has 0 saturated carbocycles. The van der Waals surface area contributed by atoms with Gasteiger partial charge in [0, 0.05) is 5.56 Å². The maximum atomic E-state index is 13.4. The van der Waals surface area contributed by atoms with E-state index in [4.69, 9.17) is 9.15 Å². The molecule has 0 spiro atoms. The Balaban J connectivity index is 2.43. The van der Waals surface area contributed by atoms with Crippen molar-refractivity contribution in [2.75, 3.05) is 19.0 Å². The molecule has 0 saturated heterocycles. The van der Waals surface area contributed by atoms with E-state index in [0.29, 0.717) is 0 Å². The molecule has 146 valence electrons. The van der Waals surface area contributed by atoms with Gasteiger partial charge in [0.25, 0.3) is 11.5 Å². The van der Waals surface area contributed by atoms with Crippen LogP contribution in [0.15, 0.2) is 41.0 Å². The van der Waals surface area contributed by atoms with Gasteiger partial charge in [-0.15, -0.1) is 0 Å². The second-order valence-electron chi connectivity index (χ2n) is 5.28. The van der Waals surface area contributed by atoms with Gasteiger partial charge in [0.15, 0.2) is 5.76 Å². The topological polar surface area (TPSA) is 98.0 Å². The third-order valence-electron chi connectivity index (χ3n) is 3.59. The van der Waals surface area contributed by atoms with Crippen LogP contribution in [0.2, 0.25) is 0 Å². The van der Waals surface area contributed by atoms with Crippen LogP contribution in [0.1, 0.15) is 23.0 Å². The fraction of sp³-hybridized carbons (Fsp3) is 0.294. The maximum Gasteiger partial charge on any atom is 0.432 e. The van der Waals surface area contributed by atoms with E-state index < -0.39 is 29.2 Å². The summed E-state index contributed by atoms with van der Waals surface area (Å²) < 4.78 is 54.5. The quantitative estimate of drug-likeness (QED) is 0.740. The first kappa shape index (κ1) is 20.3. The number of carbonyl (C=O) groups is 2. The van der Waals surface area contributed by atoms with Gasteiger partial charge in [-0.25, -0.2) is 4.79 Å². The van der Waals surface area contributed by atoms with Crippen LogP contribution in [-0.4, -0.2) is 36.9 Å². The van der Waals surface area contributed by atoms with Crippen LogP contribution in [0.5, 0.6) is 5.75 Å². The number of anilines is 1. The number of methoxy groups -OCH3 is 1. The third kappa shape index (κ3) is 3.90. The minimum absolute atomic E-state index is 0.0102. The summed E-state index contributed by atoms with van der Waals surface area (Å²) in [7, 11) is 1.15. The molecule has 0 aliphatic rings. The number of esters is 1. The van der Waals surface area contributed by atoms with E-state index in [1.54, 1.807) is 0 Å². The molecule has 1 atom stereocenters. The Bertz CT molecular complexity index is 819. The van der Waals surface area contributed by atoms with Gasteiger partial charge in [0.05, 0.1) is 25.7 Å². The van der Waals surface area contributed by atoms with Crippen LogP contribution in [0, 0.1) is 0 Å². The molecule has 0 aliphatic heterocycles. The van der Waals surface area contributed by atoms with Crippen molar-refractivity contribution in [2.24, 2.45) is 0 Å². The minimum Gasteiger partial charge on any atom is -0.495 e. The standard InChI is InChI=1S/C17H16F3NO6/c1-3-26-15(23)16(24,17(18,19)20)10-6-7-11(13(9-10)25-2)21-14(22)12-5-4-8-27-12/h4-9,24H,3H2,1-2H3,(H,21,22)/t16-/m1/s1. The first-order valence-corrected chi connectivity index (χ1v) is 7.64. The van der Waals surface area contributed by atoms with Gasteiger partial charge >= 0.3 is 12.1 Å². The summed E-state index contributed by atoms with van der Waals surface area (Å²) in [5, 5.41) is 12.5. The van der Waals surface area contributed by atoms with E-state index in [1.807, 2.05) is 0 Å². The molecule has 0 unspecified atom stereocenters. The highest BCUT2D eigenvalue weighted by molar-refractivity contribution is 6.03. The van der Waals surface area contributed by atoms with E-state index in [-0.39, 0.29) is 23.8 Å². The number of furan rings is 1. The van der Waals surface area contributed by atoms with Crippen molar-refractivity contribution in [1.82, 2.24) is 0 Å². The maximum absolute atomic E-state index is 13.4. The van der Waals surface area contributed by atoms with Crippen molar-refractivity contribution in [2.45, 2.75) is 18.7 Å². The zero-order chi connectivity index (χ0) is 20.2. The van der Waals surface area contributed by atoms with E-state index in [2.05, 4.69) is 10.1 Å². The number of halogens is 3. The van der Waals surface area contributed by atoms with Gasteiger partial charge in [-0.3, -0.25) is 4.79 Å². The van der Waals surface area contributed by atoms with Crippen LogP contribution in [0.4, 0.5) is 18.9 Å². The number of benzene rings is 1. The first-order chi connectivity index (χ1) is 12.6. The molecule has 1 heterocycles. The van der Waals surface area contributed by atoms with Crippen molar-refractivity contribution in [3.8, 4) is 5.75 Å². The highest BCUT2D eigenvalue weighted by atomic mass is 19.4. The van der Waals surface area contributed by atoms with Crippen molar-refractivity contribution < 1.29 is 41.8 Å². The molecule has 2 aromatic rings. The number of rotatable bonds is 6. The zero-order valence-electron chi connectivity index (χ0n) is 14.3. The average Bonchev–Trinajstić information content (AvgIpc) is 3.15. The summed E-state index contributed by atoms with van der Waals surface area (Å²) in [5.41, 5.74) is -4.70. The smallest absolute Gasteiger partial charge is 0.432 e. The lowest BCUT2D eigenvalue weighted by Gasteiger charge is -2.29. The van der Waals surface area contributed by atoms with Crippen molar-refractivity contribution >= 4 is 17.6 Å². The Morgan fingerprint density at radius 1 is 1.26 bits per heavy atom. The number of aliphatic hydroxyl groups is 1. The Morgan fingerprint density at radius 3 is 2.48 bits per heavy atom. The zero-order valence-corrected chi connectivity index (χ0v) is 14.3. The van der Waals surface area contributed by atoms with Crippen molar-refractivity contribution in [1.29, 1.82) is 0 Å². The predicted molar refractivity (Wildman–Crippen MR) is 86.2 cm³/mol. The molecule has 10 heteroatoms. The predicted octanol–water partition coefficient (Wildman–Crippen LogP) is 2.85. The van der Waals surface area contributed by atoms with Crippen molar-refractivity contribution in [3.63, 3.8) is 0 Å². The minimum atomic E-state index is -5.34. The van der Waals surface area contributed by atoms with Crippen LogP contribution in [-0.2, 0) is 15.1 Å². The molecule has 0 aliphatic carbocycles. The Morgan fingerprint density at radius 2 is 1.96 bits per heavy atom. The van der Waals surface area contributed by atoms with E-state index in [1.165, 1.54) is 25.3 Å². The van der Waals surface area contributed by atoms with Gasteiger partial charge in [-0.1, -0.05) is 6.07 Å². The second-order valence-corrected chi connectivity index (χ2v) is 5.28. The Labute approximate surface area is 151 Å². The number of hydrogen-bond donors (Lipinski definition) is 2. The summed E-state index contributed by atoms with van der Waals surface area (Å²) in [6.07, 6.45) is -4.07. The number of carbonyl (C=O) groups excluding carboxylic acids is 2. The number of amides is 1. The van der Waals surface area contributed by atoms with Crippen LogP contribution in [0.25, 0.3) is 0 Å². The number of nitrogens with one attached hydrogen (secondary N) is 1. The second kappa shape index (κ2) is 7.70. The monoisotopic (exact) mass is 387 g/mol. The number of alkyl halides is 3. The lowest BCUT2D eigenvalue weighted by atomic mass is 9.92. The fourth-order valence-corrected chi connectivity index (χ4v) is 2.24. The molecule has 0 radical (unpaired) electrons. The highest BCUT2D eigenvalue weighted by Crippen LogP contribution is 2.42. The summed E-state index contributed by atoms with van der Waals surface area (Å²) >= 11 is 0. The van der Waals surface area contributed by atoms with Crippen LogP contribution in [0.3, 0.4) is 0 Å². The van der Waals surface area contributed by atoms with E-state index >= 15 is 0 Å². The van der Waals surface area contributed by atoms with E-state index in [0.717, 1.165) is 25.3 Å². The van der Waals surface area contributed by atoms with E-state index in [9.17, 15) is 27.9 Å². The Kier molecular flexibility index (Phi) is 5.79. The summed E-state index contributed by atoms with van der Waals surface area (Å²) in [5.74, 6) is -2.77. The Hall–Kier alpha value is -3.01. The summed E-state index contributed by atoms with van der Waals surface area (Å²) in [6.45, 7) is 0.953. The number of hydrogen-bond acceptors (Lipinski definition) is 6. The SMILES string of the molecule is CCOC(=O)[C@](O)(c1ccc(NC(=O)c2ccco2)c(OC)c1)C(F)(F)F. The van der Waals surface area contributed by atoms with Crippen LogP contribution < -0.4 is 10.1 Å². The fourth-order valence-electron chi connectivity index (χ4n) is 2.24. The average molecular weight is 387 g/mol. The highest BCUT2D eigenvalue weighted by Gasteiger charge is 2.62. The molecular formula is C17H16F3NO6. The van der Waals surface area contributed by atoms with Crippen LogP contribution >= 0.6 is 0 Å². The molecular weight excluding hydrogens is 371 g/mol. The summed E-state index contributed by atoms with van der Waals surface area (Å²) in [4.78, 5) is 23.8. The normalized spacial score (nSPS) is 13.6. The molecule has 1 amide bonds. The molecule has 0 bridgehead atoms. The molecule has 1 aromatic carbocycles.